The number of imidazole rings is 1. The molecule has 2 N–H and O–H groups in total. The van der Waals surface area contributed by atoms with Gasteiger partial charge in [0.2, 0.25) is 0 Å². The Morgan fingerprint density at radius 3 is 2.91 bits per heavy atom. The number of carbonyl (C=O) groups excluding carboxylic acids is 1. The zero-order valence-corrected chi connectivity index (χ0v) is 12.6. The third-order valence-electron chi connectivity index (χ3n) is 3.15. The fraction of sp³-hybridized carbons (Fsp3) is 0.333. The number of urea groups is 1. The smallest absolute Gasteiger partial charge is 0.319 e. The van der Waals surface area contributed by atoms with Gasteiger partial charge in [0.05, 0.1) is 5.69 Å². The average molecular weight is 306 g/mol. The van der Waals surface area contributed by atoms with Gasteiger partial charge >= 0.3 is 6.03 Å². The molecule has 2 aromatic rings. The van der Waals surface area contributed by atoms with Crippen LogP contribution < -0.4 is 10.6 Å². The average Bonchev–Trinajstić information content (AvgIpc) is 2.83. The molecule has 0 saturated carbocycles. The molecule has 7 heteroatoms. The van der Waals surface area contributed by atoms with Gasteiger partial charge in [0, 0.05) is 32.1 Å². The molecule has 0 saturated heterocycles. The Labute approximate surface area is 128 Å². The lowest BCUT2D eigenvalue weighted by Gasteiger charge is -2.11. The lowest BCUT2D eigenvalue weighted by Crippen LogP contribution is -2.32. The highest BCUT2D eigenvalue weighted by molar-refractivity contribution is 5.89. The maximum atomic E-state index is 13.4. The molecular weight excluding hydrogens is 287 g/mol. The fourth-order valence-electron chi connectivity index (χ4n) is 2.07. The molecule has 2 amide bonds. The Hall–Kier alpha value is -2.41. The number of nitrogens with one attached hydrogen (secondary N) is 2. The van der Waals surface area contributed by atoms with Crippen molar-refractivity contribution in [2.24, 2.45) is 0 Å². The van der Waals surface area contributed by atoms with Crippen LogP contribution in [-0.2, 0) is 17.9 Å². The summed E-state index contributed by atoms with van der Waals surface area (Å²) >= 11 is 0. The highest BCUT2D eigenvalue weighted by Gasteiger charge is 2.08. The number of amides is 2. The van der Waals surface area contributed by atoms with Crippen LogP contribution in [0.25, 0.3) is 0 Å². The number of benzene rings is 1. The van der Waals surface area contributed by atoms with Crippen LogP contribution in [0.4, 0.5) is 14.9 Å². The second-order valence-electron chi connectivity index (χ2n) is 4.76. The van der Waals surface area contributed by atoms with Gasteiger partial charge in [-0.15, -0.1) is 0 Å². The van der Waals surface area contributed by atoms with E-state index in [9.17, 15) is 9.18 Å². The molecule has 6 nitrogen and oxygen atoms in total. The number of carbonyl (C=O) groups is 1. The summed E-state index contributed by atoms with van der Waals surface area (Å²) < 4.78 is 20.5. The van der Waals surface area contributed by atoms with Gasteiger partial charge in [0.1, 0.15) is 18.2 Å². The van der Waals surface area contributed by atoms with Gasteiger partial charge < -0.3 is 19.9 Å². The van der Waals surface area contributed by atoms with Gasteiger partial charge in [-0.2, -0.15) is 0 Å². The molecule has 22 heavy (non-hydrogen) atoms. The second-order valence-corrected chi connectivity index (χ2v) is 4.76. The van der Waals surface area contributed by atoms with Crippen LogP contribution in [0.1, 0.15) is 11.5 Å². The lowest BCUT2D eigenvalue weighted by molar-refractivity contribution is 0.174. The minimum absolute atomic E-state index is 0.152. The van der Waals surface area contributed by atoms with E-state index in [1.165, 1.54) is 12.1 Å². The molecular formula is C15H19FN4O2. The fourth-order valence-corrected chi connectivity index (χ4v) is 2.07. The second kappa shape index (κ2) is 7.56. The standard InChI is InChI=1S/C15H19FN4O2/c1-11-9-18-14(10-22-2)20(11)8-7-17-15(21)19-13-6-4-3-5-12(13)16/h3-6,9H,7-8,10H2,1-2H3,(H2,17,19,21). The summed E-state index contributed by atoms with van der Waals surface area (Å²) in [5.41, 5.74) is 1.14. The first-order valence-electron chi connectivity index (χ1n) is 6.91. The number of hydrogen-bond donors (Lipinski definition) is 2. The molecule has 1 aromatic carbocycles. The number of methoxy groups -OCH3 is 1. The normalized spacial score (nSPS) is 10.5. The van der Waals surface area contributed by atoms with E-state index in [2.05, 4.69) is 15.6 Å². The van der Waals surface area contributed by atoms with Gasteiger partial charge in [0.15, 0.2) is 0 Å². The van der Waals surface area contributed by atoms with Crippen LogP contribution in [0.3, 0.4) is 0 Å². The minimum atomic E-state index is -0.467. The number of hydrogen-bond acceptors (Lipinski definition) is 3. The molecule has 0 aliphatic rings. The summed E-state index contributed by atoms with van der Waals surface area (Å²) in [6.45, 7) is 3.31. The zero-order chi connectivity index (χ0) is 15.9. The third-order valence-corrected chi connectivity index (χ3v) is 3.15. The van der Waals surface area contributed by atoms with Gasteiger partial charge in [-0.3, -0.25) is 0 Å². The molecule has 0 radical (unpaired) electrons. The Kier molecular flexibility index (Phi) is 5.48. The van der Waals surface area contributed by atoms with Crippen molar-refractivity contribution in [2.45, 2.75) is 20.1 Å². The first kappa shape index (κ1) is 16.0. The summed E-state index contributed by atoms with van der Waals surface area (Å²) in [6.07, 6.45) is 1.76. The van der Waals surface area contributed by atoms with Crippen molar-refractivity contribution < 1.29 is 13.9 Å². The highest BCUT2D eigenvalue weighted by atomic mass is 19.1. The zero-order valence-electron chi connectivity index (χ0n) is 12.6. The number of aryl methyl sites for hydroxylation is 1. The van der Waals surface area contributed by atoms with Crippen molar-refractivity contribution in [3.8, 4) is 0 Å². The summed E-state index contributed by atoms with van der Waals surface area (Å²) in [4.78, 5) is 16.0. The van der Waals surface area contributed by atoms with Crippen LogP contribution in [-0.4, -0.2) is 29.2 Å². The monoisotopic (exact) mass is 306 g/mol. The van der Waals surface area contributed by atoms with Gasteiger partial charge in [-0.05, 0) is 19.1 Å². The Morgan fingerprint density at radius 2 is 2.18 bits per heavy atom. The topological polar surface area (TPSA) is 68.2 Å². The van der Waals surface area contributed by atoms with E-state index in [1.807, 2.05) is 11.5 Å². The summed E-state index contributed by atoms with van der Waals surface area (Å²) in [7, 11) is 1.61. The third kappa shape index (κ3) is 4.05. The van der Waals surface area contributed by atoms with Crippen molar-refractivity contribution in [2.75, 3.05) is 19.0 Å². The Bertz CT molecular complexity index is 642. The Morgan fingerprint density at radius 1 is 1.41 bits per heavy atom. The lowest BCUT2D eigenvalue weighted by atomic mass is 10.3. The number of rotatable bonds is 6. The maximum absolute atomic E-state index is 13.4. The van der Waals surface area contributed by atoms with Crippen molar-refractivity contribution in [1.82, 2.24) is 14.9 Å². The molecule has 0 atom stereocenters. The molecule has 0 fully saturated rings. The first-order chi connectivity index (χ1) is 10.6. The summed E-state index contributed by atoms with van der Waals surface area (Å²) in [5.74, 6) is 0.335. The van der Waals surface area contributed by atoms with Crippen LogP contribution >= 0.6 is 0 Å². The molecule has 1 heterocycles. The number of halogens is 1. The highest BCUT2D eigenvalue weighted by Crippen LogP contribution is 2.11. The minimum Gasteiger partial charge on any atom is -0.377 e. The van der Waals surface area contributed by atoms with Gasteiger partial charge in [-0.25, -0.2) is 14.2 Å². The molecule has 0 aliphatic carbocycles. The molecule has 118 valence electrons. The number of nitrogens with zero attached hydrogens (tertiary/aromatic N) is 2. The molecule has 0 aliphatic heterocycles. The number of anilines is 1. The van der Waals surface area contributed by atoms with Crippen LogP contribution in [0.5, 0.6) is 0 Å². The first-order valence-corrected chi connectivity index (χ1v) is 6.91. The molecule has 0 unspecified atom stereocenters. The van der Waals surface area contributed by atoms with E-state index in [4.69, 9.17) is 4.74 Å². The van der Waals surface area contributed by atoms with E-state index in [1.54, 1.807) is 25.4 Å². The Balaban J connectivity index is 1.85. The molecule has 0 bridgehead atoms. The number of ether oxygens (including phenoxy) is 1. The van der Waals surface area contributed by atoms with Gasteiger partial charge in [-0.1, -0.05) is 12.1 Å². The van der Waals surface area contributed by atoms with Gasteiger partial charge in [0.25, 0.3) is 0 Å². The van der Waals surface area contributed by atoms with Crippen LogP contribution in [0.15, 0.2) is 30.5 Å². The summed E-state index contributed by atoms with van der Waals surface area (Å²) in [5, 5.41) is 5.16. The quantitative estimate of drug-likeness (QED) is 0.860. The van der Waals surface area contributed by atoms with E-state index in [0.717, 1.165) is 11.5 Å². The van der Waals surface area contributed by atoms with Crippen molar-refractivity contribution >= 4 is 11.7 Å². The van der Waals surface area contributed by atoms with Crippen LogP contribution in [0.2, 0.25) is 0 Å². The number of para-hydroxylation sites is 1. The molecule has 0 spiro atoms. The molecule has 2 rings (SSSR count). The molecule has 1 aromatic heterocycles. The maximum Gasteiger partial charge on any atom is 0.319 e. The predicted octanol–water partition coefficient (Wildman–Crippen LogP) is 2.30. The van der Waals surface area contributed by atoms with Crippen molar-refractivity contribution in [3.05, 3.63) is 47.8 Å². The predicted molar refractivity (Wildman–Crippen MR) is 81.1 cm³/mol. The SMILES string of the molecule is COCc1ncc(C)n1CCNC(=O)Nc1ccccc1F. The van der Waals surface area contributed by atoms with Crippen molar-refractivity contribution in [1.29, 1.82) is 0 Å². The van der Waals surface area contributed by atoms with E-state index < -0.39 is 11.8 Å². The number of aromatic nitrogens is 2. The summed E-state index contributed by atoms with van der Waals surface area (Å²) in [6, 6.07) is 5.58. The van der Waals surface area contributed by atoms with Crippen molar-refractivity contribution in [3.63, 3.8) is 0 Å². The van der Waals surface area contributed by atoms with Crippen LogP contribution in [0, 0.1) is 12.7 Å². The van der Waals surface area contributed by atoms with E-state index in [0.29, 0.717) is 19.7 Å². The van der Waals surface area contributed by atoms with E-state index >= 15 is 0 Å². The largest absolute Gasteiger partial charge is 0.377 e. The van der Waals surface area contributed by atoms with E-state index in [-0.39, 0.29) is 5.69 Å².